The van der Waals surface area contributed by atoms with Crippen molar-refractivity contribution in [3.8, 4) is 0 Å². The number of rotatable bonds is 3. The Morgan fingerprint density at radius 1 is 1.35 bits per heavy atom. The summed E-state index contributed by atoms with van der Waals surface area (Å²) < 4.78 is 13.6. The average Bonchev–Trinajstić information content (AvgIpc) is 3.03. The summed E-state index contributed by atoms with van der Waals surface area (Å²) in [4.78, 5) is 7.05. The average molecular weight is 321 g/mol. The molecule has 0 amide bonds. The van der Waals surface area contributed by atoms with Crippen LogP contribution in [0.15, 0.2) is 12.4 Å². The number of aromatic nitrogens is 2. The lowest BCUT2D eigenvalue weighted by Crippen LogP contribution is -2.67. The van der Waals surface area contributed by atoms with Crippen molar-refractivity contribution in [2.45, 2.75) is 44.5 Å². The smallest absolute Gasteiger partial charge is 0.122 e. The van der Waals surface area contributed by atoms with Crippen LogP contribution < -0.4 is 0 Å². The molecule has 3 aliphatic heterocycles. The normalized spacial score (nSPS) is 38.1. The first-order valence-electron chi connectivity index (χ1n) is 8.84. The fraction of sp³-hybridized carbons (Fsp3) is 0.824. The highest BCUT2D eigenvalue weighted by molar-refractivity contribution is 5.07. The number of fused-ring (bicyclic) bond motifs is 3. The number of imidazole rings is 1. The molecule has 23 heavy (non-hydrogen) atoms. The van der Waals surface area contributed by atoms with Crippen LogP contribution in [0.3, 0.4) is 0 Å². The van der Waals surface area contributed by atoms with Gasteiger partial charge in [-0.05, 0) is 13.3 Å². The van der Waals surface area contributed by atoms with E-state index in [0.717, 1.165) is 44.9 Å². The molecule has 0 aromatic carbocycles. The van der Waals surface area contributed by atoms with Gasteiger partial charge in [0.2, 0.25) is 0 Å². The Hall–Kier alpha value is -0.950. The molecule has 0 bridgehead atoms. The fourth-order valence-electron chi connectivity index (χ4n) is 4.71. The van der Waals surface area contributed by atoms with Crippen molar-refractivity contribution in [2.75, 3.05) is 33.0 Å². The molecule has 3 fully saturated rings. The SMILES string of the molecule is CCn1ccnc1CN1C[C@@H]2COCC[C@]2(O)[C@H]2COCC[C@H]21. The van der Waals surface area contributed by atoms with Crippen molar-refractivity contribution in [1.82, 2.24) is 14.5 Å². The third-order valence-electron chi connectivity index (χ3n) is 6.05. The van der Waals surface area contributed by atoms with Gasteiger partial charge in [0.25, 0.3) is 0 Å². The van der Waals surface area contributed by atoms with Crippen molar-refractivity contribution in [1.29, 1.82) is 0 Å². The number of likely N-dealkylation sites (tertiary alicyclic amines) is 1. The van der Waals surface area contributed by atoms with Crippen molar-refractivity contribution in [3.05, 3.63) is 18.2 Å². The molecule has 3 aliphatic rings. The van der Waals surface area contributed by atoms with E-state index in [1.54, 1.807) is 0 Å². The third-order valence-corrected chi connectivity index (χ3v) is 6.05. The highest BCUT2D eigenvalue weighted by Gasteiger charge is 2.55. The van der Waals surface area contributed by atoms with Crippen LogP contribution in [-0.4, -0.2) is 64.2 Å². The van der Waals surface area contributed by atoms with Gasteiger partial charge in [-0.2, -0.15) is 0 Å². The maximum absolute atomic E-state index is 11.3. The summed E-state index contributed by atoms with van der Waals surface area (Å²) >= 11 is 0. The van der Waals surface area contributed by atoms with Crippen molar-refractivity contribution in [3.63, 3.8) is 0 Å². The largest absolute Gasteiger partial charge is 0.389 e. The van der Waals surface area contributed by atoms with Crippen LogP contribution in [0.25, 0.3) is 0 Å². The minimum Gasteiger partial charge on any atom is -0.389 e. The number of hydrogen-bond acceptors (Lipinski definition) is 5. The number of hydrogen-bond donors (Lipinski definition) is 1. The Kier molecular flexibility index (Phi) is 4.17. The molecule has 1 N–H and O–H groups in total. The van der Waals surface area contributed by atoms with Crippen molar-refractivity contribution < 1.29 is 14.6 Å². The Morgan fingerprint density at radius 3 is 3.09 bits per heavy atom. The second-order valence-electron chi connectivity index (χ2n) is 7.11. The summed E-state index contributed by atoms with van der Waals surface area (Å²) in [6.45, 7) is 7.58. The van der Waals surface area contributed by atoms with E-state index in [9.17, 15) is 5.11 Å². The Morgan fingerprint density at radius 2 is 2.22 bits per heavy atom. The van der Waals surface area contributed by atoms with Crippen LogP contribution in [0.2, 0.25) is 0 Å². The van der Waals surface area contributed by atoms with E-state index in [4.69, 9.17) is 9.47 Å². The summed E-state index contributed by atoms with van der Waals surface area (Å²) in [6.07, 6.45) is 5.65. The Balaban J connectivity index is 1.59. The van der Waals surface area contributed by atoms with E-state index in [-0.39, 0.29) is 11.8 Å². The van der Waals surface area contributed by atoms with Crippen LogP contribution in [0.5, 0.6) is 0 Å². The standard InChI is InChI=1S/C17H27N3O3/c1-2-19-6-5-18-16(19)10-20-9-13-11-23-8-4-17(13,21)14-12-22-7-3-15(14)20/h5-6,13-15,21H,2-4,7-12H2,1H3/t13-,14+,15-,17-/m1/s1. The monoisotopic (exact) mass is 321 g/mol. The molecule has 6 heteroatoms. The predicted molar refractivity (Wildman–Crippen MR) is 84.9 cm³/mol. The molecule has 6 nitrogen and oxygen atoms in total. The van der Waals surface area contributed by atoms with E-state index in [2.05, 4.69) is 21.4 Å². The molecular formula is C17H27N3O3. The second-order valence-corrected chi connectivity index (χ2v) is 7.11. The zero-order valence-electron chi connectivity index (χ0n) is 13.9. The predicted octanol–water partition coefficient (Wildman–Crippen LogP) is 0.891. The van der Waals surface area contributed by atoms with E-state index >= 15 is 0 Å². The van der Waals surface area contributed by atoms with Crippen LogP contribution >= 0.6 is 0 Å². The Bertz CT molecular complexity index is 549. The minimum atomic E-state index is -0.625. The van der Waals surface area contributed by atoms with Gasteiger partial charge in [-0.15, -0.1) is 0 Å². The van der Waals surface area contributed by atoms with Crippen molar-refractivity contribution in [2.24, 2.45) is 11.8 Å². The number of aliphatic hydroxyl groups is 1. The van der Waals surface area contributed by atoms with Gasteiger partial charge in [-0.3, -0.25) is 4.90 Å². The number of nitrogens with zero attached hydrogens (tertiary/aromatic N) is 3. The first-order valence-corrected chi connectivity index (χ1v) is 8.84. The molecule has 128 valence electrons. The molecule has 0 aliphatic carbocycles. The lowest BCUT2D eigenvalue weighted by molar-refractivity contribution is -0.221. The molecule has 1 aromatic heterocycles. The van der Waals surface area contributed by atoms with E-state index in [0.29, 0.717) is 25.9 Å². The van der Waals surface area contributed by atoms with Gasteiger partial charge >= 0.3 is 0 Å². The Labute approximate surface area is 137 Å². The lowest BCUT2D eigenvalue weighted by Gasteiger charge is -2.57. The van der Waals surface area contributed by atoms with Gasteiger partial charge in [-0.1, -0.05) is 0 Å². The molecule has 4 atom stereocenters. The number of ether oxygens (including phenoxy) is 2. The second kappa shape index (κ2) is 6.16. The van der Waals surface area contributed by atoms with E-state index in [1.807, 2.05) is 12.4 Å². The van der Waals surface area contributed by atoms with Crippen LogP contribution in [0.1, 0.15) is 25.6 Å². The molecule has 0 saturated carbocycles. The fourth-order valence-corrected chi connectivity index (χ4v) is 4.71. The molecule has 0 radical (unpaired) electrons. The maximum atomic E-state index is 11.3. The van der Waals surface area contributed by atoms with Gasteiger partial charge in [0.05, 0.1) is 25.4 Å². The lowest BCUT2D eigenvalue weighted by atomic mass is 9.66. The van der Waals surface area contributed by atoms with Gasteiger partial charge in [0.15, 0.2) is 0 Å². The quantitative estimate of drug-likeness (QED) is 0.896. The summed E-state index contributed by atoms with van der Waals surface area (Å²) in [5.74, 6) is 1.47. The topological polar surface area (TPSA) is 59.8 Å². The van der Waals surface area contributed by atoms with Gasteiger partial charge in [0, 0.05) is 63.0 Å². The molecule has 0 unspecified atom stereocenters. The number of piperidine rings is 1. The van der Waals surface area contributed by atoms with Crippen LogP contribution in [0, 0.1) is 11.8 Å². The highest BCUT2D eigenvalue weighted by atomic mass is 16.5. The summed E-state index contributed by atoms with van der Waals surface area (Å²) in [7, 11) is 0. The molecular weight excluding hydrogens is 294 g/mol. The highest BCUT2D eigenvalue weighted by Crippen LogP contribution is 2.44. The van der Waals surface area contributed by atoms with E-state index in [1.165, 1.54) is 0 Å². The van der Waals surface area contributed by atoms with Crippen LogP contribution in [-0.2, 0) is 22.6 Å². The molecule has 4 rings (SSSR count). The first kappa shape index (κ1) is 15.6. The molecule has 3 saturated heterocycles. The molecule has 0 spiro atoms. The van der Waals surface area contributed by atoms with Gasteiger partial charge in [0.1, 0.15) is 5.82 Å². The van der Waals surface area contributed by atoms with Gasteiger partial charge in [-0.25, -0.2) is 4.98 Å². The van der Waals surface area contributed by atoms with Crippen molar-refractivity contribution >= 4 is 0 Å². The zero-order valence-corrected chi connectivity index (χ0v) is 13.9. The van der Waals surface area contributed by atoms with Crippen LogP contribution in [0.4, 0.5) is 0 Å². The summed E-state index contributed by atoms with van der Waals surface area (Å²) in [5.41, 5.74) is -0.625. The molecule has 4 heterocycles. The van der Waals surface area contributed by atoms with Gasteiger partial charge < -0.3 is 19.1 Å². The zero-order chi connectivity index (χ0) is 15.9. The minimum absolute atomic E-state index is 0.171. The van der Waals surface area contributed by atoms with E-state index < -0.39 is 5.60 Å². The maximum Gasteiger partial charge on any atom is 0.122 e. The summed E-state index contributed by atoms with van der Waals surface area (Å²) in [6, 6.07) is 0.380. The summed E-state index contributed by atoms with van der Waals surface area (Å²) in [5, 5.41) is 11.3. The first-order chi connectivity index (χ1) is 11.2. The third kappa shape index (κ3) is 2.61. The molecule has 1 aromatic rings. The number of aryl methyl sites for hydroxylation is 1.